The molecule has 0 spiro atoms. The third kappa shape index (κ3) is 5.98. The molecule has 1 fully saturated rings. The monoisotopic (exact) mass is 472 g/mol. The first kappa shape index (κ1) is 19.7. The number of nitrogens with two attached hydrogens (primary N) is 1. The molecule has 134 valence electrons. The van der Waals surface area contributed by atoms with Crippen molar-refractivity contribution in [1.82, 2.24) is 4.72 Å². The summed E-state index contributed by atoms with van der Waals surface area (Å²) in [6.45, 7) is 0.377. The number of halogens is 1. The summed E-state index contributed by atoms with van der Waals surface area (Å²) in [5, 5.41) is 3.00. The number of sulfonamides is 1. The number of hydrogen-bond acceptors (Lipinski definition) is 3. The van der Waals surface area contributed by atoms with E-state index in [9.17, 15) is 8.42 Å². The van der Waals surface area contributed by atoms with Crippen molar-refractivity contribution in [2.75, 3.05) is 5.32 Å². The lowest BCUT2D eigenvalue weighted by atomic mass is 10.2. The molecular formula is C17H21IN4O2S. The molecular weight excluding hydrogens is 451 g/mol. The maximum Gasteiger partial charge on any atom is 0.240 e. The van der Waals surface area contributed by atoms with Crippen LogP contribution in [0.3, 0.4) is 0 Å². The van der Waals surface area contributed by atoms with Gasteiger partial charge in [-0.1, -0.05) is 30.3 Å². The fourth-order valence-corrected chi connectivity index (χ4v) is 3.45. The van der Waals surface area contributed by atoms with Crippen LogP contribution in [0.4, 0.5) is 5.69 Å². The highest BCUT2D eigenvalue weighted by Crippen LogP contribution is 2.22. The Morgan fingerprint density at radius 3 is 2.32 bits per heavy atom. The molecule has 1 aliphatic rings. The maximum atomic E-state index is 12.1. The Hall–Kier alpha value is -1.65. The van der Waals surface area contributed by atoms with Crippen LogP contribution in [0.1, 0.15) is 18.4 Å². The Morgan fingerprint density at radius 1 is 1.08 bits per heavy atom. The van der Waals surface area contributed by atoms with Crippen LogP contribution < -0.4 is 15.8 Å². The molecule has 0 unspecified atom stereocenters. The minimum Gasteiger partial charge on any atom is -0.370 e. The average Bonchev–Trinajstić information content (AvgIpc) is 3.37. The van der Waals surface area contributed by atoms with Crippen molar-refractivity contribution in [2.45, 2.75) is 30.3 Å². The number of aliphatic imine (C=N–C) groups is 1. The van der Waals surface area contributed by atoms with E-state index in [1.807, 2.05) is 30.3 Å². The number of benzene rings is 2. The highest BCUT2D eigenvalue weighted by molar-refractivity contribution is 14.0. The normalized spacial score (nSPS) is 14.6. The van der Waals surface area contributed by atoms with Gasteiger partial charge in [0, 0.05) is 11.7 Å². The van der Waals surface area contributed by atoms with E-state index in [4.69, 9.17) is 5.73 Å². The summed E-state index contributed by atoms with van der Waals surface area (Å²) in [7, 11) is -3.41. The predicted octanol–water partition coefficient (Wildman–Crippen LogP) is 2.67. The first-order valence-electron chi connectivity index (χ1n) is 7.76. The minimum atomic E-state index is -3.41. The third-order valence-corrected chi connectivity index (χ3v) is 5.15. The van der Waals surface area contributed by atoms with Crippen LogP contribution in [0.25, 0.3) is 0 Å². The Morgan fingerprint density at radius 2 is 1.72 bits per heavy atom. The summed E-state index contributed by atoms with van der Waals surface area (Å²) < 4.78 is 26.8. The molecule has 1 saturated carbocycles. The molecule has 2 aromatic carbocycles. The number of nitrogens with zero attached hydrogens (tertiary/aromatic N) is 1. The molecule has 0 heterocycles. The summed E-state index contributed by atoms with van der Waals surface area (Å²) in [4.78, 5) is 4.53. The van der Waals surface area contributed by atoms with Gasteiger partial charge in [0.25, 0.3) is 0 Å². The maximum absolute atomic E-state index is 12.1. The second-order valence-corrected chi connectivity index (χ2v) is 7.45. The molecule has 2 aromatic rings. The molecule has 0 aliphatic heterocycles. The predicted molar refractivity (Wildman–Crippen MR) is 111 cm³/mol. The van der Waals surface area contributed by atoms with E-state index in [2.05, 4.69) is 15.0 Å². The molecule has 1 aliphatic carbocycles. The second kappa shape index (κ2) is 8.63. The van der Waals surface area contributed by atoms with Crippen LogP contribution in [0, 0.1) is 0 Å². The average molecular weight is 472 g/mol. The van der Waals surface area contributed by atoms with Crippen LogP contribution in [-0.4, -0.2) is 20.4 Å². The van der Waals surface area contributed by atoms with Gasteiger partial charge in [0.1, 0.15) is 0 Å². The van der Waals surface area contributed by atoms with Gasteiger partial charge in [-0.15, -0.1) is 24.0 Å². The number of guanidine groups is 1. The Labute approximate surface area is 165 Å². The fourth-order valence-electron chi connectivity index (χ4n) is 2.15. The first-order chi connectivity index (χ1) is 11.5. The second-order valence-electron chi connectivity index (χ2n) is 5.73. The number of nitrogens with one attached hydrogen (secondary N) is 2. The van der Waals surface area contributed by atoms with Gasteiger partial charge in [0.05, 0.1) is 11.4 Å². The van der Waals surface area contributed by atoms with Crippen molar-refractivity contribution in [3.63, 3.8) is 0 Å². The molecule has 8 heteroatoms. The van der Waals surface area contributed by atoms with Gasteiger partial charge in [-0.05, 0) is 42.7 Å². The number of rotatable bonds is 6. The molecule has 0 aromatic heterocycles. The largest absolute Gasteiger partial charge is 0.370 e. The molecule has 0 amide bonds. The smallest absolute Gasteiger partial charge is 0.240 e. The van der Waals surface area contributed by atoms with Crippen molar-refractivity contribution in [2.24, 2.45) is 10.7 Å². The Balaban J connectivity index is 0.00000225. The molecule has 0 bridgehead atoms. The lowest BCUT2D eigenvalue weighted by Gasteiger charge is -2.07. The zero-order chi connectivity index (χ0) is 17.0. The molecule has 4 N–H and O–H groups in total. The lowest BCUT2D eigenvalue weighted by molar-refractivity contribution is 0.581. The molecule has 0 atom stereocenters. The highest BCUT2D eigenvalue weighted by Gasteiger charge is 2.27. The summed E-state index contributed by atoms with van der Waals surface area (Å²) >= 11 is 0. The van der Waals surface area contributed by atoms with Crippen molar-refractivity contribution in [3.8, 4) is 0 Å². The lowest BCUT2D eigenvalue weighted by Crippen LogP contribution is -2.25. The Bertz CT molecular complexity index is 819. The van der Waals surface area contributed by atoms with Crippen LogP contribution in [0.5, 0.6) is 0 Å². The number of hydrogen-bond donors (Lipinski definition) is 3. The van der Waals surface area contributed by atoms with Crippen LogP contribution in [-0.2, 0) is 16.6 Å². The van der Waals surface area contributed by atoms with Gasteiger partial charge in [-0.2, -0.15) is 0 Å². The zero-order valence-electron chi connectivity index (χ0n) is 13.6. The van der Waals surface area contributed by atoms with Crippen LogP contribution in [0.15, 0.2) is 64.5 Å². The summed E-state index contributed by atoms with van der Waals surface area (Å²) in [6.07, 6.45) is 1.83. The van der Waals surface area contributed by atoms with E-state index < -0.39 is 10.0 Å². The standard InChI is InChI=1S/C17H20N4O2S.HI/c18-17(20-14-4-2-1-3-5-14)19-12-13-6-10-16(11-7-13)24(22,23)21-15-8-9-15;/h1-7,10-11,15,21H,8-9,12H2,(H3,18,19,20);1H. The van der Waals surface area contributed by atoms with Gasteiger partial charge in [0.2, 0.25) is 10.0 Å². The van der Waals surface area contributed by atoms with Gasteiger partial charge < -0.3 is 11.1 Å². The molecule has 0 radical (unpaired) electrons. The number of anilines is 1. The van der Waals surface area contributed by atoms with Crippen molar-refractivity contribution in [3.05, 3.63) is 60.2 Å². The molecule has 25 heavy (non-hydrogen) atoms. The SMILES string of the molecule is I.NC(=NCc1ccc(S(=O)(=O)NC2CC2)cc1)Nc1ccccc1. The quantitative estimate of drug-likeness (QED) is 0.342. The molecule has 6 nitrogen and oxygen atoms in total. The summed E-state index contributed by atoms with van der Waals surface area (Å²) in [5.41, 5.74) is 7.60. The summed E-state index contributed by atoms with van der Waals surface area (Å²) in [5.74, 6) is 0.313. The van der Waals surface area contributed by atoms with Crippen molar-refractivity contribution < 1.29 is 8.42 Å². The zero-order valence-corrected chi connectivity index (χ0v) is 16.7. The van der Waals surface area contributed by atoms with Gasteiger partial charge in [0.15, 0.2) is 5.96 Å². The van der Waals surface area contributed by atoms with E-state index in [0.717, 1.165) is 24.1 Å². The third-order valence-electron chi connectivity index (χ3n) is 3.61. The Kier molecular flexibility index (Phi) is 6.79. The van der Waals surface area contributed by atoms with E-state index >= 15 is 0 Å². The van der Waals surface area contributed by atoms with Crippen LogP contribution in [0.2, 0.25) is 0 Å². The number of para-hydroxylation sites is 1. The van der Waals surface area contributed by atoms with E-state index in [0.29, 0.717) is 12.5 Å². The van der Waals surface area contributed by atoms with Gasteiger partial charge in [-0.25, -0.2) is 18.1 Å². The van der Waals surface area contributed by atoms with E-state index in [-0.39, 0.29) is 34.9 Å². The van der Waals surface area contributed by atoms with Crippen molar-refractivity contribution in [1.29, 1.82) is 0 Å². The van der Waals surface area contributed by atoms with Crippen LogP contribution >= 0.6 is 24.0 Å². The van der Waals surface area contributed by atoms with E-state index in [1.54, 1.807) is 24.3 Å². The highest BCUT2D eigenvalue weighted by atomic mass is 127. The van der Waals surface area contributed by atoms with Gasteiger partial charge >= 0.3 is 0 Å². The topological polar surface area (TPSA) is 96.6 Å². The minimum absolute atomic E-state index is 0. The van der Waals surface area contributed by atoms with E-state index in [1.165, 1.54) is 0 Å². The first-order valence-corrected chi connectivity index (χ1v) is 9.24. The fraction of sp³-hybridized carbons (Fsp3) is 0.235. The molecule has 3 rings (SSSR count). The summed E-state index contributed by atoms with van der Waals surface area (Å²) in [6, 6.07) is 16.3. The van der Waals surface area contributed by atoms with Crippen molar-refractivity contribution >= 4 is 45.6 Å². The molecule has 0 saturated heterocycles. The van der Waals surface area contributed by atoms with Gasteiger partial charge in [-0.3, -0.25) is 0 Å².